The molecule has 1 atom stereocenters. The lowest BCUT2D eigenvalue weighted by Crippen LogP contribution is -2.48. The van der Waals surface area contributed by atoms with Gasteiger partial charge in [0.05, 0.1) is 5.97 Å². The predicted octanol–water partition coefficient (Wildman–Crippen LogP) is 1.05. The molecule has 0 heterocycles. The maximum Gasteiger partial charge on any atom is 0.0685 e. The second-order valence-electron chi connectivity index (χ2n) is 4.80. The molecule has 0 spiro atoms. The van der Waals surface area contributed by atoms with Crippen LogP contribution in [0.25, 0.3) is 0 Å². The molecule has 3 heteroatoms. The van der Waals surface area contributed by atoms with E-state index in [1.54, 1.807) is 0 Å². The van der Waals surface area contributed by atoms with Gasteiger partial charge < -0.3 is 9.90 Å². The Hall–Kier alpha value is -0.830. The van der Waals surface area contributed by atoms with E-state index in [0.29, 0.717) is 0 Å². The third-order valence-corrected chi connectivity index (χ3v) is 2.59. The number of nitrogens with zero attached hydrogens (tertiary/aromatic N) is 1. The van der Waals surface area contributed by atoms with E-state index >= 15 is 0 Å². The molecule has 0 amide bonds. The minimum Gasteiger partial charge on any atom is -0.545 e. The highest BCUT2D eigenvalue weighted by atomic mass is 16.4. The number of aliphatic carboxylic acids is 1. The van der Waals surface area contributed by atoms with Crippen LogP contribution in [-0.4, -0.2) is 30.0 Å². The molecule has 0 rings (SSSR count). The Kier molecular flexibility index (Phi) is 5.01. The van der Waals surface area contributed by atoms with Crippen LogP contribution in [0.3, 0.4) is 0 Å². The normalized spacial score (nSPS) is 14.0. The highest BCUT2D eigenvalue weighted by molar-refractivity contribution is 5.85. The van der Waals surface area contributed by atoms with Gasteiger partial charge in [0.25, 0.3) is 0 Å². The Morgan fingerprint density at radius 3 is 1.93 bits per heavy atom. The fourth-order valence-electron chi connectivity index (χ4n) is 1.99. The van der Waals surface area contributed by atoms with Crippen LogP contribution in [-0.2, 0) is 4.79 Å². The van der Waals surface area contributed by atoms with E-state index in [4.69, 9.17) is 0 Å². The van der Waals surface area contributed by atoms with Crippen molar-refractivity contribution in [2.45, 2.75) is 40.7 Å². The summed E-state index contributed by atoms with van der Waals surface area (Å²) < 4.78 is 0. The summed E-state index contributed by atoms with van der Waals surface area (Å²) in [6, 6.07) is -0.169. The van der Waals surface area contributed by atoms with Crippen LogP contribution < -0.4 is 5.11 Å². The Morgan fingerprint density at radius 2 is 1.73 bits per heavy atom. The van der Waals surface area contributed by atoms with Gasteiger partial charge in [0, 0.05) is 6.04 Å². The first-order chi connectivity index (χ1) is 6.75. The summed E-state index contributed by atoms with van der Waals surface area (Å²) >= 11 is 0. The first-order valence-electron chi connectivity index (χ1n) is 5.39. The Balaban J connectivity index is 5.05. The second kappa shape index (κ2) is 5.31. The van der Waals surface area contributed by atoms with E-state index in [9.17, 15) is 9.90 Å². The third-order valence-electron chi connectivity index (χ3n) is 2.59. The van der Waals surface area contributed by atoms with Gasteiger partial charge in [-0.05, 0) is 24.1 Å². The highest BCUT2D eigenvalue weighted by Crippen LogP contribution is 2.28. The molecule has 0 aliphatic rings. The van der Waals surface area contributed by atoms with Gasteiger partial charge in [-0.3, -0.25) is 4.90 Å². The average molecular weight is 212 g/mol. The molecule has 0 aromatic heterocycles. The minimum atomic E-state index is -1.15. The molecule has 0 aromatic carbocycles. The Bertz CT molecular complexity index is 236. The quantitative estimate of drug-likeness (QED) is 0.640. The number of rotatable bonds is 5. The Morgan fingerprint density at radius 1 is 1.33 bits per heavy atom. The summed E-state index contributed by atoms with van der Waals surface area (Å²) in [5, 5.41) is 10.9. The van der Waals surface area contributed by atoms with Gasteiger partial charge in [-0.25, -0.2) is 0 Å². The smallest absolute Gasteiger partial charge is 0.0685 e. The SMILES string of the molecule is C=C(C(=O)[O-])C(N(CC)CC)C(C)(C)C. The van der Waals surface area contributed by atoms with Gasteiger partial charge in [-0.2, -0.15) is 0 Å². The van der Waals surface area contributed by atoms with E-state index in [0.717, 1.165) is 13.1 Å². The van der Waals surface area contributed by atoms with Crippen molar-refractivity contribution in [2.24, 2.45) is 5.41 Å². The Labute approximate surface area is 92.8 Å². The lowest BCUT2D eigenvalue weighted by atomic mass is 9.81. The van der Waals surface area contributed by atoms with Crippen LogP contribution in [0.5, 0.6) is 0 Å². The fourth-order valence-corrected chi connectivity index (χ4v) is 1.99. The zero-order valence-corrected chi connectivity index (χ0v) is 10.5. The van der Waals surface area contributed by atoms with E-state index in [1.165, 1.54) is 0 Å². The molecule has 0 radical (unpaired) electrons. The first-order valence-corrected chi connectivity index (χ1v) is 5.39. The van der Waals surface area contributed by atoms with Crippen LogP contribution in [0.4, 0.5) is 0 Å². The lowest BCUT2D eigenvalue weighted by Gasteiger charge is -2.40. The largest absolute Gasteiger partial charge is 0.545 e. The molecule has 88 valence electrons. The zero-order valence-electron chi connectivity index (χ0n) is 10.5. The van der Waals surface area contributed by atoms with Gasteiger partial charge >= 0.3 is 0 Å². The van der Waals surface area contributed by atoms with Crippen molar-refractivity contribution in [2.75, 3.05) is 13.1 Å². The van der Waals surface area contributed by atoms with E-state index in [2.05, 4.69) is 11.5 Å². The molecule has 0 aliphatic heterocycles. The molecule has 0 aliphatic carbocycles. The van der Waals surface area contributed by atoms with Crippen molar-refractivity contribution in [1.82, 2.24) is 4.90 Å². The second-order valence-corrected chi connectivity index (χ2v) is 4.80. The van der Waals surface area contributed by atoms with E-state index in [1.807, 2.05) is 34.6 Å². The molecule has 0 fully saturated rings. The third kappa shape index (κ3) is 3.67. The summed E-state index contributed by atoms with van der Waals surface area (Å²) in [4.78, 5) is 13.0. The fraction of sp³-hybridized carbons (Fsp3) is 0.750. The molecule has 15 heavy (non-hydrogen) atoms. The molecule has 0 saturated heterocycles. The molecule has 1 unspecified atom stereocenters. The monoisotopic (exact) mass is 212 g/mol. The van der Waals surface area contributed by atoms with Gasteiger partial charge in [0.1, 0.15) is 0 Å². The van der Waals surface area contributed by atoms with Crippen molar-refractivity contribution < 1.29 is 9.90 Å². The molecular formula is C12H22NO2-. The molecule has 0 aromatic rings. The van der Waals surface area contributed by atoms with Gasteiger partial charge in [-0.1, -0.05) is 41.2 Å². The summed E-state index contributed by atoms with van der Waals surface area (Å²) in [7, 11) is 0. The van der Waals surface area contributed by atoms with Crippen molar-refractivity contribution in [1.29, 1.82) is 0 Å². The van der Waals surface area contributed by atoms with Crippen LogP contribution in [0.2, 0.25) is 0 Å². The summed E-state index contributed by atoms with van der Waals surface area (Å²) in [6.07, 6.45) is 0. The number of carbonyl (C=O) groups is 1. The van der Waals surface area contributed by atoms with Crippen LogP contribution in [0, 0.1) is 5.41 Å². The van der Waals surface area contributed by atoms with Gasteiger partial charge in [0.2, 0.25) is 0 Å². The van der Waals surface area contributed by atoms with Crippen LogP contribution in [0.1, 0.15) is 34.6 Å². The van der Waals surface area contributed by atoms with Crippen molar-refractivity contribution in [3.05, 3.63) is 12.2 Å². The maximum atomic E-state index is 10.9. The molecule has 0 N–H and O–H groups in total. The molecular weight excluding hydrogens is 190 g/mol. The number of carbonyl (C=O) groups excluding carboxylic acids is 1. The molecule has 0 bridgehead atoms. The predicted molar refractivity (Wildman–Crippen MR) is 60.3 cm³/mol. The van der Waals surface area contributed by atoms with Gasteiger partial charge in [0.15, 0.2) is 0 Å². The van der Waals surface area contributed by atoms with E-state index < -0.39 is 5.97 Å². The van der Waals surface area contributed by atoms with Gasteiger partial charge in [-0.15, -0.1) is 0 Å². The standard InChI is InChI=1S/C12H23NO2/c1-7-13(8-2)10(12(4,5)6)9(3)11(14)15/h10H,3,7-8H2,1-2,4-6H3,(H,14,15)/p-1. The number of hydrogen-bond acceptors (Lipinski definition) is 3. The lowest BCUT2D eigenvalue weighted by molar-refractivity contribution is -0.300. The van der Waals surface area contributed by atoms with Crippen LogP contribution in [0.15, 0.2) is 12.2 Å². The topological polar surface area (TPSA) is 43.4 Å². The average Bonchev–Trinajstić information content (AvgIpc) is 2.10. The van der Waals surface area contributed by atoms with Crippen molar-refractivity contribution >= 4 is 5.97 Å². The number of carboxylic acid groups (broad SMARTS) is 1. The number of likely N-dealkylation sites (N-methyl/N-ethyl adjacent to an activating group) is 1. The minimum absolute atomic E-state index is 0.150. The van der Waals surface area contributed by atoms with Crippen molar-refractivity contribution in [3.8, 4) is 0 Å². The maximum absolute atomic E-state index is 10.9. The molecule has 3 nitrogen and oxygen atoms in total. The highest BCUT2D eigenvalue weighted by Gasteiger charge is 2.31. The van der Waals surface area contributed by atoms with Crippen molar-refractivity contribution in [3.63, 3.8) is 0 Å². The number of carboxylic acids is 1. The summed E-state index contributed by atoms with van der Waals surface area (Å²) in [5.41, 5.74) is 0.0228. The van der Waals surface area contributed by atoms with Crippen LogP contribution >= 0.6 is 0 Å². The number of hydrogen-bond donors (Lipinski definition) is 0. The summed E-state index contributed by atoms with van der Waals surface area (Å²) in [5.74, 6) is -1.15. The molecule has 0 saturated carbocycles. The summed E-state index contributed by atoms with van der Waals surface area (Å²) in [6.45, 7) is 15.3. The zero-order chi connectivity index (χ0) is 12.2. The van der Waals surface area contributed by atoms with E-state index in [-0.39, 0.29) is 17.0 Å². The first kappa shape index (κ1) is 14.2.